The van der Waals surface area contributed by atoms with Crippen LogP contribution in [0.2, 0.25) is 0 Å². The van der Waals surface area contributed by atoms with E-state index in [0.717, 1.165) is 47.8 Å². The van der Waals surface area contributed by atoms with E-state index in [1.807, 2.05) is 12.1 Å². The summed E-state index contributed by atoms with van der Waals surface area (Å²) in [6.45, 7) is 3.03. The highest BCUT2D eigenvalue weighted by atomic mass is 32.1. The van der Waals surface area contributed by atoms with E-state index in [4.69, 9.17) is 4.74 Å². The predicted molar refractivity (Wildman–Crippen MR) is 91.9 cm³/mol. The number of nitrogens with one attached hydrogen (secondary N) is 1. The molecule has 1 fully saturated rings. The highest BCUT2D eigenvalue weighted by Gasteiger charge is 2.27. The van der Waals surface area contributed by atoms with Crippen LogP contribution in [0.5, 0.6) is 0 Å². The molecule has 0 spiro atoms. The number of aromatic nitrogens is 2. The number of hydrogen-bond acceptors (Lipinski definition) is 6. The molecule has 6 nitrogen and oxygen atoms in total. The molecule has 3 rings (SSSR count). The van der Waals surface area contributed by atoms with Crippen LogP contribution in [0.15, 0.2) is 18.3 Å². The summed E-state index contributed by atoms with van der Waals surface area (Å²) in [5.74, 6) is 0.177. The standard InChI is InChI=1S/C16H22N4O2S/c1-22-10-4-8-17-14(21)12-5-3-9-20(11-12)16-19-13-6-2-7-18-15(13)23-16/h2,6-7,12H,3-5,8-11H2,1H3,(H,17,21). The van der Waals surface area contributed by atoms with Crippen molar-refractivity contribution in [2.24, 2.45) is 5.92 Å². The summed E-state index contributed by atoms with van der Waals surface area (Å²) in [6, 6.07) is 3.88. The molecule has 1 aliphatic rings. The zero-order chi connectivity index (χ0) is 16.1. The van der Waals surface area contributed by atoms with Gasteiger partial charge in [0.05, 0.1) is 5.92 Å². The van der Waals surface area contributed by atoms with Crippen molar-refractivity contribution in [2.75, 3.05) is 38.3 Å². The first-order valence-electron chi connectivity index (χ1n) is 8.01. The molecule has 23 heavy (non-hydrogen) atoms. The van der Waals surface area contributed by atoms with Gasteiger partial charge in [0.15, 0.2) is 5.13 Å². The van der Waals surface area contributed by atoms with E-state index >= 15 is 0 Å². The quantitative estimate of drug-likeness (QED) is 0.819. The molecular formula is C16H22N4O2S. The second-order valence-electron chi connectivity index (χ2n) is 5.75. The number of ether oxygens (including phenoxy) is 1. The maximum atomic E-state index is 12.3. The monoisotopic (exact) mass is 334 g/mol. The van der Waals surface area contributed by atoms with E-state index in [2.05, 4.69) is 20.2 Å². The minimum Gasteiger partial charge on any atom is -0.385 e. The third-order valence-corrected chi connectivity index (χ3v) is 5.08. The SMILES string of the molecule is COCCCNC(=O)C1CCCN(c2nc3cccnc3s2)C1. The summed E-state index contributed by atoms with van der Waals surface area (Å²) in [4.78, 5) is 24.5. The Bertz CT molecular complexity index is 627. The number of fused-ring (bicyclic) bond motifs is 1. The van der Waals surface area contributed by atoms with Gasteiger partial charge in [-0.25, -0.2) is 9.97 Å². The van der Waals surface area contributed by atoms with Gasteiger partial charge in [0.1, 0.15) is 10.3 Å². The maximum absolute atomic E-state index is 12.3. The molecule has 0 bridgehead atoms. The molecule has 1 unspecified atom stereocenters. The number of anilines is 1. The van der Waals surface area contributed by atoms with Crippen molar-refractivity contribution >= 4 is 32.7 Å². The molecule has 1 saturated heterocycles. The number of rotatable bonds is 6. The highest BCUT2D eigenvalue weighted by molar-refractivity contribution is 7.21. The van der Waals surface area contributed by atoms with Gasteiger partial charge in [0, 0.05) is 39.5 Å². The van der Waals surface area contributed by atoms with Crippen molar-refractivity contribution in [1.82, 2.24) is 15.3 Å². The summed E-state index contributed by atoms with van der Waals surface area (Å²) in [5, 5.41) is 3.98. The van der Waals surface area contributed by atoms with Crippen molar-refractivity contribution in [3.8, 4) is 0 Å². The van der Waals surface area contributed by atoms with Crippen LogP contribution >= 0.6 is 11.3 Å². The van der Waals surface area contributed by atoms with Gasteiger partial charge < -0.3 is 15.0 Å². The molecule has 0 saturated carbocycles. The van der Waals surface area contributed by atoms with Gasteiger partial charge in [0.25, 0.3) is 0 Å². The van der Waals surface area contributed by atoms with Gasteiger partial charge in [-0.15, -0.1) is 0 Å². The Labute approximate surface area is 139 Å². The fourth-order valence-electron chi connectivity index (χ4n) is 2.83. The first-order chi connectivity index (χ1) is 11.3. The molecule has 1 amide bonds. The third-order valence-electron chi connectivity index (χ3n) is 4.04. The van der Waals surface area contributed by atoms with Crippen LogP contribution in [-0.4, -0.2) is 49.2 Å². The van der Waals surface area contributed by atoms with Crippen LogP contribution in [0.4, 0.5) is 5.13 Å². The van der Waals surface area contributed by atoms with Crippen LogP contribution in [-0.2, 0) is 9.53 Å². The van der Waals surface area contributed by atoms with E-state index in [1.165, 1.54) is 0 Å². The number of carbonyl (C=O) groups is 1. The van der Waals surface area contributed by atoms with Crippen molar-refractivity contribution in [2.45, 2.75) is 19.3 Å². The van der Waals surface area contributed by atoms with E-state index < -0.39 is 0 Å². The van der Waals surface area contributed by atoms with Crippen molar-refractivity contribution in [3.63, 3.8) is 0 Å². The lowest BCUT2D eigenvalue weighted by Crippen LogP contribution is -2.43. The summed E-state index contributed by atoms with van der Waals surface area (Å²) in [5.41, 5.74) is 0.929. The molecular weight excluding hydrogens is 312 g/mol. The van der Waals surface area contributed by atoms with Crippen LogP contribution in [0.25, 0.3) is 10.3 Å². The summed E-state index contributed by atoms with van der Waals surface area (Å²) < 4.78 is 5.00. The Morgan fingerprint density at radius 1 is 1.57 bits per heavy atom. The molecule has 0 aromatic carbocycles. The van der Waals surface area contributed by atoms with Crippen molar-refractivity contribution in [1.29, 1.82) is 0 Å². The van der Waals surface area contributed by atoms with Crippen LogP contribution in [0, 0.1) is 5.92 Å². The largest absolute Gasteiger partial charge is 0.385 e. The van der Waals surface area contributed by atoms with Crippen molar-refractivity contribution < 1.29 is 9.53 Å². The van der Waals surface area contributed by atoms with Gasteiger partial charge in [0.2, 0.25) is 5.91 Å². The van der Waals surface area contributed by atoms with E-state index in [0.29, 0.717) is 13.2 Å². The second-order valence-corrected chi connectivity index (χ2v) is 6.70. The molecule has 1 N–H and O–H groups in total. The van der Waals surface area contributed by atoms with Crippen LogP contribution in [0.1, 0.15) is 19.3 Å². The Morgan fingerprint density at radius 2 is 2.48 bits per heavy atom. The number of piperidine rings is 1. The van der Waals surface area contributed by atoms with E-state index in [-0.39, 0.29) is 11.8 Å². The molecule has 2 aromatic rings. The van der Waals surface area contributed by atoms with Gasteiger partial charge in [-0.3, -0.25) is 4.79 Å². The number of thiazole rings is 1. The Kier molecular flexibility index (Phi) is 5.40. The fourth-order valence-corrected chi connectivity index (χ4v) is 3.77. The Balaban J connectivity index is 1.60. The van der Waals surface area contributed by atoms with E-state index in [1.54, 1.807) is 24.6 Å². The third kappa shape index (κ3) is 3.97. The smallest absolute Gasteiger partial charge is 0.224 e. The van der Waals surface area contributed by atoms with Gasteiger partial charge >= 0.3 is 0 Å². The number of nitrogens with zero attached hydrogens (tertiary/aromatic N) is 3. The van der Waals surface area contributed by atoms with Crippen LogP contribution < -0.4 is 10.2 Å². The lowest BCUT2D eigenvalue weighted by Gasteiger charge is -2.31. The normalized spacial score (nSPS) is 18.3. The molecule has 1 atom stereocenters. The number of pyridine rings is 1. The highest BCUT2D eigenvalue weighted by Crippen LogP contribution is 2.30. The predicted octanol–water partition coefficient (Wildman–Crippen LogP) is 2.06. The Morgan fingerprint density at radius 3 is 3.30 bits per heavy atom. The topological polar surface area (TPSA) is 67.3 Å². The molecule has 7 heteroatoms. The second kappa shape index (κ2) is 7.70. The molecule has 1 aliphatic heterocycles. The molecule has 124 valence electrons. The summed E-state index contributed by atoms with van der Waals surface area (Å²) >= 11 is 1.60. The molecule has 3 heterocycles. The number of carbonyl (C=O) groups excluding carboxylic acids is 1. The number of amides is 1. The lowest BCUT2D eigenvalue weighted by atomic mass is 9.97. The number of methoxy groups -OCH3 is 1. The molecule has 0 aliphatic carbocycles. The fraction of sp³-hybridized carbons (Fsp3) is 0.562. The minimum absolute atomic E-state index is 0.0336. The minimum atomic E-state index is 0.0336. The zero-order valence-electron chi connectivity index (χ0n) is 13.3. The van der Waals surface area contributed by atoms with Gasteiger partial charge in [-0.1, -0.05) is 11.3 Å². The first-order valence-corrected chi connectivity index (χ1v) is 8.82. The summed E-state index contributed by atoms with van der Waals surface area (Å²) in [6.07, 6.45) is 4.59. The average Bonchev–Trinajstić information content (AvgIpc) is 3.03. The molecule has 0 radical (unpaired) electrons. The summed E-state index contributed by atoms with van der Waals surface area (Å²) in [7, 11) is 1.67. The lowest BCUT2D eigenvalue weighted by molar-refractivity contribution is -0.125. The van der Waals surface area contributed by atoms with E-state index in [9.17, 15) is 4.79 Å². The van der Waals surface area contributed by atoms with Gasteiger partial charge in [-0.05, 0) is 31.4 Å². The maximum Gasteiger partial charge on any atom is 0.224 e. The Hall–Kier alpha value is -1.73. The molecule has 2 aromatic heterocycles. The zero-order valence-corrected chi connectivity index (χ0v) is 14.1. The average molecular weight is 334 g/mol. The number of hydrogen-bond donors (Lipinski definition) is 1. The van der Waals surface area contributed by atoms with Gasteiger partial charge in [-0.2, -0.15) is 0 Å². The van der Waals surface area contributed by atoms with Crippen molar-refractivity contribution in [3.05, 3.63) is 18.3 Å². The van der Waals surface area contributed by atoms with Crippen LogP contribution in [0.3, 0.4) is 0 Å². The first kappa shape index (κ1) is 16.1.